The molecular weight excluding hydrogens is 466 g/mol. The molecule has 37 heavy (non-hydrogen) atoms. The number of hydrogen-bond donors (Lipinski definition) is 1. The van der Waals surface area contributed by atoms with Crippen LogP contribution in [-0.4, -0.2) is 22.1 Å². The first-order valence-electron chi connectivity index (χ1n) is 12.3. The third kappa shape index (κ3) is 5.57. The molecule has 0 unspecified atom stereocenters. The number of hydrogen-bond acceptors (Lipinski definition) is 6. The van der Waals surface area contributed by atoms with Crippen molar-refractivity contribution >= 4 is 16.9 Å². The molecule has 0 saturated carbocycles. The summed E-state index contributed by atoms with van der Waals surface area (Å²) in [4.78, 5) is 16.2. The van der Waals surface area contributed by atoms with Crippen LogP contribution in [0.2, 0.25) is 0 Å². The van der Waals surface area contributed by atoms with E-state index in [1.54, 1.807) is 25.7 Å². The Morgan fingerprint density at radius 3 is 2.73 bits per heavy atom. The predicted molar refractivity (Wildman–Crippen MR) is 142 cm³/mol. The second kappa shape index (κ2) is 11.1. The van der Waals surface area contributed by atoms with E-state index in [1.165, 1.54) is 0 Å². The molecule has 2 heterocycles. The average molecular weight is 496 g/mol. The maximum Gasteiger partial charge on any atom is 0.310 e. The number of aromatic nitrogens is 2. The highest BCUT2D eigenvalue weighted by atomic mass is 16.5. The van der Waals surface area contributed by atoms with Crippen molar-refractivity contribution in [1.82, 2.24) is 9.55 Å². The molecule has 0 amide bonds. The predicted octanol–water partition coefficient (Wildman–Crippen LogP) is 5.49. The summed E-state index contributed by atoms with van der Waals surface area (Å²) < 4.78 is 19.4. The third-order valence-corrected chi connectivity index (χ3v) is 6.23. The Kier molecular flexibility index (Phi) is 7.33. The van der Waals surface area contributed by atoms with Crippen LogP contribution >= 0.6 is 0 Å². The van der Waals surface area contributed by atoms with Gasteiger partial charge in [-0.3, -0.25) is 4.79 Å². The summed E-state index contributed by atoms with van der Waals surface area (Å²) in [5.41, 5.74) is 12.7. The lowest BCUT2D eigenvalue weighted by atomic mass is 9.98. The number of nitrogens with zero attached hydrogens (tertiary/aromatic N) is 2. The zero-order chi connectivity index (χ0) is 25.6. The molecule has 0 spiro atoms. The fraction of sp³-hybridized carbons (Fsp3) is 0.200. The number of benzene rings is 3. The van der Waals surface area contributed by atoms with E-state index in [2.05, 4.69) is 29.2 Å². The number of carbonyl (C=O) groups is 1. The lowest BCUT2D eigenvalue weighted by molar-refractivity contribution is -0.142. The SMILES string of the molecule is CCOC(=O)Cc1ccccc1OCc1coc2c(Cn3ccnc3)cc(-c3cccc(CN)c3)cc12. The van der Waals surface area contributed by atoms with Gasteiger partial charge in [0.2, 0.25) is 0 Å². The van der Waals surface area contributed by atoms with E-state index in [4.69, 9.17) is 19.6 Å². The molecule has 7 nitrogen and oxygen atoms in total. The van der Waals surface area contributed by atoms with Crippen LogP contribution in [0, 0.1) is 0 Å². The zero-order valence-corrected chi connectivity index (χ0v) is 20.7. The van der Waals surface area contributed by atoms with Crippen LogP contribution in [-0.2, 0) is 35.6 Å². The van der Waals surface area contributed by atoms with Gasteiger partial charge in [-0.2, -0.15) is 0 Å². The first-order valence-corrected chi connectivity index (χ1v) is 12.3. The van der Waals surface area contributed by atoms with Crippen LogP contribution in [0.25, 0.3) is 22.1 Å². The molecule has 0 radical (unpaired) electrons. The van der Waals surface area contributed by atoms with Gasteiger partial charge in [-0.05, 0) is 47.9 Å². The molecule has 0 saturated heterocycles. The van der Waals surface area contributed by atoms with Crippen molar-refractivity contribution in [3.63, 3.8) is 0 Å². The van der Waals surface area contributed by atoms with Gasteiger partial charge < -0.3 is 24.2 Å². The molecule has 2 N–H and O–H groups in total. The second-order valence-corrected chi connectivity index (χ2v) is 8.79. The van der Waals surface area contributed by atoms with Gasteiger partial charge in [0, 0.05) is 41.0 Å². The Balaban J connectivity index is 1.49. The molecule has 2 aromatic heterocycles. The smallest absolute Gasteiger partial charge is 0.310 e. The molecule has 0 atom stereocenters. The minimum atomic E-state index is -0.277. The maximum atomic E-state index is 12.1. The summed E-state index contributed by atoms with van der Waals surface area (Å²) in [6.45, 7) is 3.54. The molecule has 5 rings (SSSR count). The van der Waals surface area contributed by atoms with E-state index in [-0.39, 0.29) is 12.4 Å². The highest BCUT2D eigenvalue weighted by molar-refractivity contribution is 5.89. The fourth-order valence-corrected chi connectivity index (χ4v) is 4.42. The minimum absolute atomic E-state index is 0.160. The van der Waals surface area contributed by atoms with Gasteiger partial charge in [-0.25, -0.2) is 4.98 Å². The van der Waals surface area contributed by atoms with Gasteiger partial charge in [0.05, 0.1) is 32.2 Å². The van der Waals surface area contributed by atoms with E-state index in [0.717, 1.165) is 44.3 Å². The third-order valence-electron chi connectivity index (χ3n) is 6.23. The summed E-state index contributed by atoms with van der Waals surface area (Å²) in [6, 6.07) is 20.1. The average Bonchev–Trinajstić information content (AvgIpc) is 3.58. The first kappa shape index (κ1) is 24.3. The molecule has 7 heteroatoms. The Morgan fingerprint density at radius 1 is 1.03 bits per heavy atom. The number of carbonyl (C=O) groups excluding carboxylic acids is 1. The van der Waals surface area contributed by atoms with Crippen LogP contribution in [0.15, 0.2) is 90.1 Å². The van der Waals surface area contributed by atoms with Crippen molar-refractivity contribution in [2.24, 2.45) is 5.73 Å². The Morgan fingerprint density at radius 2 is 1.92 bits per heavy atom. The lowest BCUT2D eigenvalue weighted by Crippen LogP contribution is -2.09. The summed E-state index contributed by atoms with van der Waals surface area (Å²) in [6.07, 6.45) is 7.39. The van der Waals surface area contributed by atoms with Gasteiger partial charge in [0.15, 0.2) is 0 Å². The molecule has 0 fully saturated rings. The van der Waals surface area contributed by atoms with Gasteiger partial charge in [0.1, 0.15) is 17.9 Å². The molecule has 5 aromatic rings. The lowest BCUT2D eigenvalue weighted by Gasteiger charge is -2.12. The van der Waals surface area contributed by atoms with Crippen molar-refractivity contribution in [1.29, 1.82) is 0 Å². The van der Waals surface area contributed by atoms with Crippen LogP contribution in [0.4, 0.5) is 0 Å². The molecule has 0 aliphatic rings. The van der Waals surface area contributed by atoms with E-state index >= 15 is 0 Å². The monoisotopic (exact) mass is 495 g/mol. The number of esters is 1. The van der Waals surface area contributed by atoms with Crippen molar-refractivity contribution in [3.8, 4) is 16.9 Å². The van der Waals surface area contributed by atoms with Gasteiger partial charge >= 0.3 is 5.97 Å². The summed E-state index contributed by atoms with van der Waals surface area (Å²) in [7, 11) is 0. The molecule has 0 bridgehead atoms. The summed E-state index contributed by atoms with van der Waals surface area (Å²) >= 11 is 0. The standard InChI is InChI=1S/C30H29N3O4/c1-2-35-29(34)15-23-7-3-4-9-28(23)36-18-26-19-37-30-25(17-33-11-10-32-20-33)13-24(14-27(26)30)22-8-5-6-21(12-22)16-31/h3-14,19-20H,2,15-18,31H2,1H3. The van der Waals surface area contributed by atoms with Crippen molar-refractivity contribution in [2.75, 3.05) is 6.61 Å². The number of furan rings is 1. The van der Waals surface area contributed by atoms with Crippen LogP contribution in [0.3, 0.4) is 0 Å². The zero-order valence-electron chi connectivity index (χ0n) is 20.7. The number of rotatable bonds is 10. The van der Waals surface area contributed by atoms with Gasteiger partial charge in [0.25, 0.3) is 0 Å². The normalized spacial score (nSPS) is 11.1. The van der Waals surface area contributed by atoms with Crippen molar-refractivity contribution in [2.45, 2.75) is 33.0 Å². The number of imidazole rings is 1. The van der Waals surface area contributed by atoms with Crippen LogP contribution in [0.5, 0.6) is 5.75 Å². The highest BCUT2D eigenvalue weighted by Gasteiger charge is 2.16. The van der Waals surface area contributed by atoms with Crippen molar-refractivity contribution < 1.29 is 18.7 Å². The molecule has 3 aromatic carbocycles. The minimum Gasteiger partial charge on any atom is -0.488 e. The summed E-state index contributed by atoms with van der Waals surface area (Å²) in [5, 5.41) is 0.980. The topological polar surface area (TPSA) is 92.5 Å². The Hall–Kier alpha value is -4.36. The quantitative estimate of drug-likeness (QED) is 0.258. The number of fused-ring (bicyclic) bond motifs is 1. The second-order valence-electron chi connectivity index (χ2n) is 8.79. The first-order chi connectivity index (χ1) is 18.1. The van der Waals surface area contributed by atoms with E-state index in [0.29, 0.717) is 32.1 Å². The maximum absolute atomic E-state index is 12.1. The Bertz CT molecular complexity index is 1500. The van der Waals surface area contributed by atoms with Crippen LogP contribution < -0.4 is 10.5 Å². The molecular formula is C30H29N3O4. The van der Waals surface area contributed by atoms with E-state index in [1.807, 2.05) is 47.2 Å². The molecule has 188 valence electrons. The van der Waals surface area contributed by atoms with Gasteiger partial charge in [-0.1, -0.05) is 36.4 Å². The summed E-state index contributed by atoms with van der Waals surface area (Å²) in [5.74, 6) is 0.371. The van der Waals surface area contributed by atoms with Gasteiger partial charge in [-0.15, -0.1) is 0 Å². The number of para-hydroxylation sites is 1. The number of nitrogens with two attached hydrogens (primary N) is 1. The van der Waals surface area contributed by atoms with E-state index < -0.39 is 0 Å². The largest absolute Gasteiger partial charge is 0.488 e. The highest BCUT2D eigenvalue weighted by Crippen LogP contribution is 2.33. The fourth-order valence-electron chi connectivity index (χ4n) is 4.42. The van der Waals surface area contributed by atoms with Crippen LogP contribution in [0.1, 0.15) is 29.2 Å². The molecule has 0 aliphatic carbocycles. The van der Waals surface area contributed by atoms with E-state index in [9.17, 15) is 4.79 Å². The number of ether oxygens (including phenoxy) is 2. The molecule has 0 aliphatic heterocycles. The Labute approximate surface area is 215 Å². The van der Waals surface area contributed by atoms with Crippen molar-refractivity contribution in [3.05, 3.63) is 108 Å².